The SMILES string of the molecule is c1ccc(-c2ccc(N3c4ccccc4CC3Cc3cccnc3)cc2)cc1. The van der Waals surface area contributed by atoms with Crippen molar-refractivity contribution in [3.63, 3.8) is 0 Å². The van der Waals surface area contributed by atoms with Gasteiger partial charge in [-0.1, -0.05) is 66.7 Å². The maximum atomic E-state index is 4.30. The minimum atomic E-state index is 0.407. The van der Waals surface area contributed by atoms with Crippen molar-refractivity contribution < 1.29 is 0 Å². The zero-order chi connectivity index (χ0) is 18.8. The van der Waals surface area contributed by atoms with Crippen molar-refractivity contribution >= 4 is 11.4 Å². The minimum absolute atomic E-state index is 0.407. The van der Waals surface area contributed by atoms with Gasteiger partial charge in [0.25, 0.3) is 0 Å². The predicted octanol–water partition coefficient (Wildman–Crippen LogP) is 6.05. The molecule has 1 aliphatic heterocycles. The van der Waals surface area contributed by atoms with Crippen LogP contribution in [0.5, 0.6) is 0 Å². The summed E-state index contributed by atoms with van der Waals surface area (Å²) in [7, 11) is 0. The van der Waals surface area contributed by atoms with Gasteiger partial charge in [-0.15, -0.1) is 0 Å². The molecule has 5 rings (SSSR count). The van der Waals surface area contributed by atoms with Gasteiger partial charge in [0.2, 0.25) is 0 Å². The van der Waals surface area contributed by atoms with Gasteiger partial charge in [-0.25, -0.2) is 0 Å². The van der Waals surface area contributed by atoms with Crippen molar-refractivity contribution in [1.82, 2.24) is 4.98 Å². The van der Waals surface area contributed by atoms with Gasteiger partial charge in [0.1, 0.15) is 0 Å². The number of hydrogen-bond donors (Lipinski definition) is 0. The summed E-state index contributed by atoms with van der Waals surface area (Å²) in [5.41, 5.74) is 7.78. The minimum Gasteiger partial charge on any atom is -0.337 e. The summed E-state index contributed by atoms with van der Waals surface area (Å²) in [6, 6.07) is 32.9. The summed E-state index contributed by atoms with van der Waals surface area (Å²) in [4.78, 5) is 6.80. The molecule has 1 unspecified atom stereocenters. The van der Waals surface area contributed by atoms with E-state index in [1.165, 1.54) is 33.6 Å². The number of para-hydroxylation sites is 1. The fraction of sp³-hybridized carbons (Fsp3) is 0.115. The molecule has 0 aliphatic carbocycles. The van der Waals surface area contributed by atoms with Gasteiger partial charge in [0.05, 0.1) is 0 Å². The second-order valence-corrected chi connectivity index (χ2v) is 7.33. The second-order valence-electron chi connectivity index (χ2n) is 7.33. The number of pyridine rings is 1. The van der Waals surface area contributed by atoms with Crippen molar-refractivity contribution in [3.05, 3.63) is 115 Å². The van der Waals surface area contributed by atoms with Gasteiger partial charge < -0.3 is 4.90 Å². The van der Waals surface area contributed by atoms with Crippen LogP contribution in [0.4, 0.5) is 11.4 Å². The third-order valence-electron chi connectivity index (χ3n) is 5.52. The highest BCUT2D eigenvalue weighted by Crippen LogP contribution is 2.39. The van der Waals surface area contributed by atoms with E-state index < -0.39 is 0 Å². The lowest BCUT2D eigenvalue weighted by molar-refractivity contribution is 0.681. The molecule has 28 heavy (non-hydrogen) atoms. The molecule has 2 heterocycles. The molecule has 2 heteroatoms. The topological polar surface area (TPSA) is 16.1 Å². The Kier molecular flexibility index (Phi) is 4.38. The van der Waals surface area contributed by atoms with Crippen LogP contribution in [-0.4, -0.2) is 11.0 Å². The molecule has 0 amide bonds. The first-order valence-corrected chi connectivity index (χ1v) is 9.80. The molecule has 2 nitrogen and oxygen atoms in total. The quantitative estimate of drug-likeness (QED) is 0.439. The molecule has 1 aliphatic rings. The zero-order valence-electron chi connectivity index (χ0n) is 15.7. The average Bonchev–Trinajstić information content (AvgIpc) is 3.13. The maximum Gasteiger partial charge on any atom is 0.0446 e. The molecule has 0 saturated carbocycles. The lowest BCUT2D eigenvalue weighted by Gasteiger charge is -2.28. The van der Waals surface area contributed by atoms with Crippen LogP contribution in [0.1, 0.15) is 11.1 Å². The van der Waals surface area contributed by atoms with Crippen LogP contribution in [0.3, 0.4) is 0 Å². The van der Waals surface area contributed by atoms with Crippen molar-refractivity contribution in [2.75, 3.05) is 4.90 Å². The lowest BCUT2D eigenvalue weighted by Crippen LogP contribution is -2.29. The monoisotopic (exact) mass is 362 g/mol. The number of benzene rings is 3. The molecule has 3 aromatic carbocycles. The molecule has 0 radical (unpaired) electrons. The van der Waals surface area contributed by atoms with Crippen LogP contribution in [-0.2, 0) is 12.8 Å². The average molecular weight is 362 g/mol. The van der Waals surface area contributed by atoms with Crippen molar-refractivity contribution in [2.45, 2.75) is 18.9 Å². The second kappa shape index (κ2) is 7.32. The highest BCUT2D eigenvalue weighted by Gasteiger charge is 2.30. The van der Waals surface area contributed by atoms with E-state index in [-0.39, 0.29) is 0 Å². The number of fused-ring (bicyclic) bond motifs is 1. The summed E-state index contributed by atoms with van der Waals surface area (Å²) in [5, 5.41) is 0. The summed E-state index contributed by atoms with van der Waals surface area (Å²) < 4.78 is 0. The summed E-state index contributed by atoms with van der Waals surface area (Å²) >= 11 is 0. The first-order valence-electron chi connectivity index (χ1n) is 9.80. The number of hydrogen-bond acceptors (Lipinski definition) is 2. The van der Waals surface area contributed by atoms with Crippen LogP contribution >= 0.6 is 0 Å². The third kappa shape index (κ3) is 3.18. The normalized spacial score (nSPS) is 15.4. The van der Waals surface area contributed by atoms with E-state index in [1.807, 2.05) is 18.5 Å². The van der Waals surface area contributed by atoms with E-state index in [0.717, 1.165) is 12.8 Å². The van der Waals surface area contributed by atoms with Crippen LogP contribution < -0.4 is 4.90 Å². The molecule has 0 bridgehead atoms. The molecule has 1 aromatic heterocycles. The molecule has 0 fully saturated rings. The Morgan fingerprint density at radius 3 is 2.29 bits per heavy atom. The first-order chi connectivity index (χ1) is 13.9. The van der Waals surface area contributed by atoms with E-state index in [1.54, 1.807) is 0 Å². The van der Waals surface area contributed by atoms with Crippen LogP contribution in [0.25, 0.3) is 11.1 Å². The number of rotatable bonds is 4. The van der Waals surface area contributed by atoms with Crippen molar-refractivity contribution in [2.24, 2.45) is 0 Å². The Morgan fingerprint density at radius 2 is 1.50 bits per heavy atom. The van der Waals surface area contributed by atoms with E-state index in [4.69, 9.17) is 0 Å². The van der Waals surface area contributed by atoms with E-state index in [2.05, 4.69) is 94.8 Å². The molecule has 0 saturated heterocycles. The van der Waals surface area contributed by atoms with Gasteiger partial charge >= 0.3 is 0 Å². The Bertz CT molecular complexity index is 1060. The molecule has 136 valence electrons. The van der Waals surface area contributed by atoms with Gasteiger partial charge in [-0.3, -0.25) is 4.98 Å². The highest BCUT2D eigenvalue weighted by molar-refractivity contribution is 5.74. The molecular weight excluding hydrogens is 340 g/mol. The molecule has 0 spiro atoms. The van der Waals surface area contributed by atoms with Crippen molar-refractivity contribution in [1.29, 1.82) is 0 Å². The summed E-state index contributed by atoms with van der Waals surface area (Å²) in [6.07, 6.45) is 5.88. The Hall–Kier alpha value is -3.39. The largest absolute Gasteiger partial charge is 0.337 e. The van der Waals surface area contributed by atoms with Gasteiger partial charge in [0.15, 0.2) is 0 Å². The Morgan fingerprint density at radius 1 is 0.750 bits per heavy atom. The Balaban J connectivity index is 1.49. The van der Waals surface area contributed by atoms with Crippen molar-refractivity contribution in [3.8, 4) is 11.1 Å². The highest BCUT2D eigenvalue weighted by atomic mass is 15.2. The fourth-order valence-corrected chi connectivity index (χ4v) is 4.21. The summed E-state index contributed by atoms with van der Waals surface area (Å²) in [5.74, 6) is 0. The fourth-order valence-electron chi connectivity index (χ4n) is 4.21. The molecular formula is C26H22N2. The molecule has 0 N–H and O–H groups in total. The number of anilines is 2. The number of nitrogens with zero attached hydrogens (tertiary/aromatic N) is 2. The maximum absolute atomic E-state index is 4.30. The molecule has 1 atom stereocenters. The van der Waals surface area contributed by atoms with Crippen LogP contribution in [0.15, 0.2) is 103 Å². The first kappa shape index (κ1) is 16.8. The summed E-state index contributed by atoms with van der Waals surface area (Å²) in [6.45, 7) is 0. The Labute approximate surface area is 166 Å². The zero-order valence-corrected chi connectivity index (χ0v) is 15.7. The lowest BCUT2D eigenvalue weighted by atomic mass is 10.0. The van der Waals surface area contributed by atoms with Gasteiger partial charge in [-0.2, -0.15) is 0 Å². The molecule has 4 aromatic rings. The smallest absolute Gasteiger partial charge is 0.0446 e. The van der Waals surface area contributed by atoms with Crippen LogP contribution in [0.2, 0.25) is 0 Å². The van der Waals surface area contributed by atoms with Crippen LogP contribution in [0, 0.1) is 0 Å². The van der Waals surface area contributed by atoms with E-state index in [0.29, 0.717) is 6.04 Å². The van der Waals surface area contributed by atoms with E-state index in [9.17, 15) is 0 Å². The predicted molar refractivity (Wildman–Crippen MR) is 116 cm³/mol. The van der Waals surface area contributed by atoms with E-state index >= 15 is 0 Å². The standard InChI is InChI=1S/C26H22N2/c1-2-8-21(9-3-1)22-12-14-24(15-13-22)28-25(17-20-7-6-16-27-19-20)18-23-10-4-5-11-26(23)28/h1-16,19,25H,17-18H2. The number of aromatic nitrogens is 1. The third-order valence-corrected chi connectivity index (χ3v) is 5.52. The van der Waals surface area contributed by atoms with Gasteiger partial charge in [0, 0.05) is 29.8 Å². The van der Waals surface area contributed by atoms with Gasteiger partial charge in [-0.05, 0) is 59.4 Å².